The van der Waals surface area contributed by atoms with Crippen LogP contribution in [-0.4, -0.2) is 96.9 Å². The van der Waals surface area contributed by atoms with Crippen LogP contribution in [0.2, 0.25) is 0 Å². The second-order valence-corrected chi connectivity index (χ2v) is 12.6. The maximum Gasteiger partial charge on any atom is 0.407 e. The summed E-state index contributed by atoms with van der Waals surface area (Å²) in [5, 5.41) is 16.7. The molecule has 5 N–H and O–H groups in total. The van der Waals surface area contributed by atoms with E-state index in [2.05, 4.69) is 14.5 Å². The van der Waals surface area contributed by atoms with E-state index < -0.39 is 108 Å². The van der Waals surface area contributed by atoms with Crippen LogP contribution in [0.15, 0.2) is 30.5 Å². The molecule has 1 unspecified atom stereocenters. The molecule has 1 heterocycles. The van der Waals surface area contributed by atoms with Gasteiger partial charge in [-0.2, -0.15) is 26.3 Å². The van der Waals surface area contributed by atoms with Crippen molar-refractivity contribution in [3.63, 3.8) is 0 Å². The number of nitrogens with one attached hydrogen (secondary N) is 4. The van der Waals surface area contributed by atoms with Gasteiger partial charge in [0.2, 0.25) is 5.91 Å². The third kappa shape index (κ3) is 11.3. The monoisotopic (exact) mass is 776 g/mol. The molecular weight excluding hydrogens is 739 g/mol. The Hall–Kier alpha value is -4.86. The van der Waals surface area contributed by atoms with E-state index in [9.17, 15) is 55.0 Å². The summed E-state index contributed by atoms with van der Waals surface area (Å²) in [6.07, 6.45) is -14.0. The lowest BCUT2D eigenvalue weighted by atomic mass is 9.83. The van der Waals surface area contributed by atoms with E-state index in [1.54, 1.807) is 10.6 Å². The van der Waals surface area contributed by atoms with Crippen molar-refractivity contribution >= 4 is 24.0 Å². The zero-order valence-corrected chi connectivity index (χ0v) is 28.9. The van der Waals surface area contributed by atoms with Gasteiger partial charge < -0.3 is 30.5 Å². The highest BCUT2D eigenvalue weighted by atomic mass is 19.4. The van der Waals surface area contributed by atoms with Crippen LogP contribution in [0.5, 0.6) is 0 Å². The molecule has 0 aliphatic heterocycles. The molecule has 2 aromatic rings. The molecule has 0 saturated carbocycles. The predicted octanol–water partition coefficient (Wildman–Crippen LogP) is 4.10. The molecule has 2 rings (SSSR count). The number of hydrogen-bond donors (Lipinski definition) is 5. The molecule has 1 aromatic carbocycles. The van der Waals surface area contributed by atoms with Crippen LogP contribution in [0.3, 0.4) is 0 Å². The Labute approximate surface area is 296 Å². The molecule has 13 nitrogen and oxygen atoms in total. The molecule has 0 aliphatic carbocycles. The number of aliphatic hydroxyl groups excluding tert-OH is 1. The van der Waals surface area contributed by atoms with E-state index in [1.807, 2.05) is 10.7 Å². The first kappa shape index (κ1) is 44.3. The van der Waals surface area contributed by atoms with Gasteiger partial charge in [-0.1, -0.05) is 0 Å². The number of alkyl carbamates (subject to hydrolysis) is 2. The SMILES string of the molecule is COC(=O)NC(C(=O)NC[C@@H](O)CN(Cc1c(F)cc(-c2cc(F)ccn2)cc1F)NC(=O)[C@@H](NC(=O)OC)C(C)(C)C(F)(F)F)C(C)(C)C(F)(F)F. The topological polar surface area (TPSA) is 171 Å². The fourth-order valence-corrected chi connectivity index (χ4v) is 4.49. The molecule has 1 aromatic heterocycles. The van der Waals surface area contributed by atoms with Crippen LogP contribution < -0.4 is 21.4 Å². The van der Waals surface area contributed by atoms with Crippen LogP contribution in [-0.2, 0) is 25.6 Å². The maximum atomic E-state index is 15.4. The van der Waals surface area contributed by atoms with Gasteiger partial charge >= 0.3 is 24.5 Å². The largest absolute Gasteiger partial charge is 0.453 e. The summed E-state index contributed by atoms with van der Waals surface area (Å²) in [7, 11) is 1.60. The number of nitrogens with zero attached hydrogens (tertiary/aromatic N) is 2. The Morgan fingerprint density at radius 3 is 1.72 bits per heavy atom. The zero-order valence-electron chi connectivity index (χ0n) is 28.9. The van der Waals surface area contributed by atoms with E-state index in [4.69, 9.17) is 0 Å². The van der Waals surface area contributed by atoms with Gasteiger partial charge in [0.1, 0.15) is 29.5 Å². The summed E-state index contributed by atoms with van der Waals surface area (Å²) in [6.45, 7) is -0.736. The van der Waals surface area contributed by atoms with Gasteiger partial charge in [-0.3, -0.25) is 20.0 Å². The number of alkyl halides is 6. The molecule has 0 bridgehead atoms. The molecule has 0 spiro atoms. The van der Waals surface area contributed by atoms with Crippen molar-refractivity contribution in [1.82, 2.24) is 31.4 Å². The number of pyridine rings is 1. The highest BCUT2D eigenvalue weighted by molar-refractivity contribution is 5.87. The highest BCUT2D eigenvalue weighted by Crippen LogP contribution is 2.41. The predicted molar refractivity (Wildman–Crippen MR) is 165 cm³/mol. The van der Waals surface area contributed by atoms with Crippen LogP contribution in [0.4, 0.5) is 49.1 Å². The number of halogens is 9. The average molecular weight is 777 g/mol. The van der Waals surface area contributed by atoms with E-state index in [0.29, 0.717) is 32.7 Å². The van der Waals surface area contributed by atoms with Crippen molar-refractivity contribution in [2.45, 2.75) is 64.8 Å². The minimum Gasteiger partial charge on any atom is -0.453 e. The summed E-state index contributed by atoms with van der Waals surface area (Å²) in [5.41, 5.74) is -5.29. The number of benzene rings is 1. The van der Waals surface area contributed by atoms with Crippen molar-refractivity contribution in [3.05, 3.63) is 53.5 Å². The third-order valence-electron chi connectivity index (χ3n) is 8.04. The molecule has 53 heavy (non-hydrogen) atoms. The van der Waals surface area contributed by atoms with Gasteiger partial charge in [0, 0.05) is 43.0 Å². The van der Waals surface area contributed by atoms with Gasteiger partial charge in [0.25, 0.3) is 5.91 Å². The Balaban J connectivity index is 2.49. The molecule has 4 amide bonds. The molecule has 3 atom stereocenters. The second kappa shape index (κ2) is 17.3. The average Bonchev–Trinajstić information content (AvgIpc) is 3.04. The van der Waals surface area contributed by atoms with Gasteiger partial charge in [-0.15, -0.1) is 0 Å². The lowest BCUT2D eigenvalue weighted by Crippen LogP contribution is -2.62. The van der Waals surface area contributed by atoms with Crippen molar-refractivity contribution < 1.29 is 73.3 Å². The molecule has 0 radical (unpaired) electrons. The number of ether oxygens (including phenoxy) is 2. The molecular formula is C31H37F9N6O7. The second-order valence-electron chi connectivity index (χ2n) is 12.6. The van der Waals surface area contributed by atoms with Gasteiger partial charge in [-0.05, 0) is 45.9 Å². The first-order valence-electron chi connectivity index (χ1n) is 15.2. The minimum absolute atomic E-state index is 0.189. The van der Waals surface area contributed by atoms with Crippen LogP contribution >= 0.6 is 0 Å². The fourth-order valence-electron chi connectivity index (χ4n) is 4.49. The molecule has 0 fully saturated rings. The Morgan fingerprint density at radius 2 is 1.28 bits per heavy atom. The number of amides is 4. The number of hydrazine groups is 1. The minimum atomic E-state index is -5.15. The smallest absolute Gasteiger partial charge is 0.407 e. The van der Waals surface area contributed by atoms with Crippen molar-refractivity contribution in [1.29, 1.82) is 0 Å². The summed E-state index contributed by atoms with van der Waals surface area (Å²) in [4.78, 5) is 53.7. The summed E-state index contributed by atoms with van der Waals surface area (Å²) >= 11 is 0. The summed E-state index contributed by atoms with van der Waals surface area (Å²) in [6, 6.07) is -1.52. The molecule has 296 valence electrons. The Kier molecular flexibility index (Phi) is 14.5. The standard InChI is InChI=1S/C31H37F9N6O7/c1-28(2,30(35,36)37)22(43-26(50)52-5)24(48)42-12-17(47)13-46(45-25(49)23(44-27(51)53-6)29(3,4)31(38,39)40)14-18-19(33)9-15(10-20(18)34)21-11-16(32)7-8-41-21/h7-11,17,22-23,47H,12-14H2,1-6H3,(H,42,48)(H,43,50)(H,44,51)(H,45,49)/t17-,22?,23-/m1/s1. The van der Waals surface area contributed by atoms with Crippen LogP contribution in [0.1, 0.15) is 33.3 Å². The third-order valence-corrected chi connectivity index (χ3v) is 8.04. The van der Waals surface area contributed by atoms with Gasteiger partial charge in [0.15, 0.2) is 0 Å². The Bertz CT molecular complexity index is 1620. The normalized spacial score (nSPS) is 14.1. The highest BCUT2D eigenvalue weighted by Gasteiger charge is 2.57. The summed E-state index contributed by atoms with van der Waals surface area (Å²) in [5.74, 6) is -6.58. The summed E-state index contributed by atoms with van der Waals surface area (Å²) < 4.78 is 136. The van der Waals surface area contributed by atoms with E-state index in [-0.39, 0.29) is 11.3 Å². The van der Waals surface area contributed by atoms with Crippen LogP contribution in [0, 0.1) is 28.3 Å². The lowest BCUT2D eigenvalue weighted by molar-refractivity contribution is -0.221. The van der Waals surface area contributed by atoms with Gasteiger partial charge in [-0.25, -0.2) is 27.8 Å². The number of rotatable bonds is 14. The van der Waals surface area contributed by atoms with Crippen molar-refractivity contribution in [2.75, 3.05) is 27.3 Å². The van der Waals surface area contributed by atoms with Crippen molar-refractivity contribution in [2.24, 2.45) is 10.8 Å². The molecule has 0 aliphatic rings. The van der Waals surface area contributed by atoms with E-state index >= 15 is 8.78 Å². The van der Waals surface area contributed by atoms with E-state index in [0.717, 1.165) is 44.7 Å². The zero-order chi connectivity index (χ0) is 40.7. The van der Waals surface area contributed by atoms with E-state index in [1.165, 1.54) is 0 Å². The number of aliphatic hydroxyl groups is 1. The fraction of sp³-hybridized carbons (Fsp3) is 0.516. The number of aromatic nitrogens is 1. The van der Waals surface area contributed by atoms with Gasteiger partial charge in [0.05, 0.1) is 36.8 Å². The first-order valence-corrected chi connectivity index (χ1v) is 15.2. The first-order chi connectivity index (χ1) is 24.3. The Morgan fingerprint density at radius 1 is 0.811 bits per heavy atom. The van der Waals surface area contributed by atoms with Crippen molar-refractivity contribution in [3.8, 4) is 11.3 Å². The van der Waals surface area contributed by atoms with Crippen LogP contribution in [0.25, 0.3) is 11.3 Å². The molecule has 0 saturated heterocycles. The number of carbonyl (C=O) groups is 4. The quantitative estimate of drug-likeness (QED) is 0.140. The lowest BCUT2D eigenvalue weighted by Gasteiger charge is -2.37. The maximum absolute atomic E-state index is 15.4. The number of carbonyl (C=O) groups excluding carboxylic acids is 4. The number of hydrogen-bond acceptors (Lipinski definition) is 9. The number of methoxy groups -OCH3 is 2. The molecule has 22 heteroatoms.